The predicted molar refractivity (Wildman–Crippen MR) is 79.4 cm³/mol. The normalized spacial score (nSPS) is 30.4. The fourth-order valence-corrected chi connectivity index (χ4v) is 3.75. The Kier molecular flexibility index (Phi) is 3.20. The largest absolute Gasteiger partial charge is 0.383 e. The van der Waals surface area contributed by atoms with Crippen molar-refractivity contribution in [2.24, 2.45) is 0 Å². The predicted octanol–water partition coefficient (Wildman–Crippen LogP) is 2.23. The average molecular weight is 339 g/mol. The number of hydrogen-bond donors (Lipinski definition) is 1. The van der Waals surface area contributed by atoms with Crippen LogP contribution in [0.15, 0.2) is 4.47 Å². The molecule has 0 aromatic carbocycles. The molecule has 1 aliphatic carbocycles. The second-order valence-corrected chi connectivity index (χ2v) is 6.85. The summed E-state index contributed by atoms with van der Waals surface area (Å²) in [6, 6.07) is 0.599. The van der Waals surface area contributed by atoms with E-state index in [9.17, 15) is 0 Å². The van der Waals surface area contributed by atoms with Crippen molar-refractivity contribution in [1.82, 2.24) is 14.9 Å². The number of rotatable bonds is 2. The van der Waals surface area contributed by atoms with Gasteiger partial charge in [-0.15, -0.1) is 0 Å². The second kappa shape index (κ2) is 4.93. The third-order valence-corrected chi connectivity index (χ3v) is 5.37. The van der Waals surface area contributed by atoms with Crippen molar-refractivity contribution >= 4 is 21.7 Å². The molecule has 0 amide bonds. The summed E-state index contributed by atoms with van der Waals surface area (Å²) in [6.45, 7) is 2.87. The van der Waals surface area contributed by atoms with Crippen LogP contribution in [-0.4, -0.2) is 40.6 Å². The lowest BCUT2D eigenvalue weighted by Crippen LogP contribution is -2.43. The highest BCUT2D eigenvalue weighted by Crippen LogP contribution is 2.44. The Morgan fingerprint density at radius 1 is 1.25 bits per heavy atom. The molecule has 3 heterocycles. The molecule has 2 N–H and O–H groups in total. The lowest BCUT2D eigenvalue weighted by molar-refractivity contribution is -0.0541. The van der Waals surface area contributed by atoms with Crippen molar-refractivity contribution in [2.75, 3.05) is 25.4 Å². The van der Waals surface area contributed by atoms with Gasteiger partial charge < -0.3 is 10.5 Å². The minimum absolute atomic E-state index is 0.0303. The Hall–Kier alpha value is -0.720. The molecule has 2 atom stereocenters. The summed E-state index contributed by atoms with van der Waals surface area (Å²) in [5.41, 5.74) is 7.10. The van der Waals surface area contributed by atoms with Crippen LogP contribution in [0.1, 0.15) is 49.2 Å². The highest BCUT2D eigenvalue weighted by atomic mass is 79.9. The molecule has 6 heteroatoms. The zero-order valence-electron chi connectivity index (χ0n) is 11.4. The van der Waals surface area contributed by atoms with Crippen LogP contribution in [-0.2, 0) is 4.74 Å². The molecule has 3 aliphatic rings. The SMILES string of the molecule is Nc1nc(C2CN3CCCC3CO2)nc(C2CC2)c1Br. The minimum Gasteiger partial charge on any atom is -0.383 e. The van der Waals surface area contributed by atoms with E-state index >= 15 is 0 Å². The summed E-state index contributed by atoms with van der Waals surface area (Å²) in [6.07, 6.45) is 4.90. The van der Waals surface area contributed by atoms with Crippen molar-refractivity contribution < 1.29 is 4.74 Å². The molecule has 1 aromatic heterocycles. The summed E-state index contributed by atoms with van der Waals surface area (Å²) in [5.74, 6) is 1.86. The number of anilines is 1. The molecule has 3 fully saturated rings. The molecular weight excluding hydrogens is 320 g/mol. The van der Waals surface area contributed by atoms with Gasteiger partial charge in [-0.2, -0.15) is 0 Å². The molecule has 0 bridgehead atoms. The quantitative estimate of drug-likeness (QED) is 0.895. The smallest absolute Gasteiger partial charge is 0.161 e. The third-order valence-electron chi connectivity index (χ3n) is 4.56. The van der Waals surface area contributed by atoms with Crippen molar-refractivity contribution in [2.45, 2.75) is 43.7 Å². The third kappa shape index (κ3) is 2.23. The van der Waals surface area contributed by atoms with E-state index in [0.717, 1.165) is 29.1 Å². The molecule has 0 spiro atoms. The molecular formula is C14H19BrN4O. The number of nitrogens with two attached hydrogens (primary N) is 1. The summed E-state index contributed by atoms with van der Waals surface area (Å²) < 4.78 is 6.86. The van der Waals surface area contributed by atoms with E-state index in [1.54, 1.807) is 0 Å². The van der Waals surface area contributed by atoms with Crippen LogP contribution in [0.3, 0.4) is 0 Å². The topological polar surface area (TPSA) is 64.3 Å². The first-order chi connectivity index (χ1) is 9.72. The Labute approximate surface area is 127 Å². The first-order valence-corrected chi connectivity index (χ1v) is 8.20. The van der Waals surface area contributed by atoms with Gasteiger partial charge in [0.1, 0.15) is 11.9 Å². The van der Waals surface area contributed by atoms with E-state index < -0.39 is 0 Å². The van der Waals surface area contributed by atoms with Gasteiger partial charge in [0.25, 0.3) is 0 Å². The second-order valence-electron chi connectivity index (χ2n) is 6.05. The number of nitrogen functional groups attached to an aromatic ring is 1. The highest BCUT2D eigenvalue weighted by Gasteiger charge is 2.35. The van der Waals surface area contributed by atoms with Crippen molar-refractivity contribution in [3.8, 4) is 0 Å². The standard InChI is InChI=1S/C14H19BrN4O/c15-11-12(8-3-4-8)17-14(18-13(11)16)10-6-19-5-1-2-9(19)7-20-10/h8-10H,1-7H2,(H2,16,17,18). The summed E-state index contributed by atoms with van der Waals surface area (Å²) in [4.78, 5) is 11.7. The van der Waals surface area contributed by atoms with Crippen molar-refractivity contribution in [3.05, 3.63) is 16.0 Å². The number of ether oxygens (including phenoxy) is 1. The maximum Gasteiger partial charge on any atom is 0.161 e. The fraction of sp³-hybridized carbons (Fsp3) is 0.714. The zero-order chi connectivity index (χ0) is 13.7. The number of nitrogens with zero attached hydrogens (tertiary/aromatic N) is 3. The van der Waals surface area contributed by atoms with Gasteiger partial charge in [0.2, 0.25) is 0 Å². The molecule has 108 valence electrons. The van der Waals surface area contributed by atoms with Gasteiger partial charge in [0.15, 0.2) is 5.82 Å². The van der Waals surface area contributed by atoms with Crippen LogP contribution in [0.5, 0.6) is 0 Å². The van der Waals surface area contributed by atoms with Gasteiger partial charge in [-0.1, -0.05) is 0 Å². The number of hydrogen-bond acceptors (Lipinski definition) is 5. The van der Waals surface area contributed by atoms with Crippen LogP contribution < -0.4 is 5.73 Å². The average Bonchev–Trinajstić information content (AvgIpc) is 3.18. The Morgan fingerprint density at radius 3 is 2.90 bits per heavy atom. The lowest BCUT2D eigenvalue weighted by atomic mass is 10.1. The number of aromatic nitrogens is 2. The molecule has 2 saturated heterocycles. The van der Waals surface area contributed by atoms with E-state index in [1.807, 2.05) is 0 Å². The van der Waals surface area contributed by atoms with Gasteiger partial charge in [0, 0.05) is 18.5 Å². The van der Waals surface area contributed by atoms with E-state index in [2.05, 4.69) is 25.8 Å². The first-order valence-electron chi connectivity index (χ1n) is 7.41. The number of fused-ring (bicyclic) bond motifs is 1. The van der Waals surface area contributed by atoms with E-state index in [0.29, 0.717) is 17.8 Å². The van der Waals surface area contributed by atoms with E-state index in [-0.39, 0.29) is 6.10 Å². The molecule has 2 unspecified atom stereocenters. The molecule has 0 radical (unpaired) electrons. The highest BCUT2D eigenvalue weighted by molar-refractivity contribution is 9.10. The lowest BCUT2D eigenvalue weighted by Gasteiger charge is -2.34. The maximum absolute atomic E-state index is 6.03. The minimum atomic E-state index is -0.0303. The van der Waals surface area contributed by atoms with Crippen LogP contribution in [0, 0.1) is 0 Å². The summed E-state index contributed by atoms with van der Waals surface area (Å²) in [5, 5.41) is 0. The van der Waals surface area contributed by atoms with Gasteiger partial charge in [-0.25, -0.2) is 9.97 Å². The van der Waals surface area contributed by atoms with Crippen LogP contribution >= 0.6 is 15.9 Å². The monoisotopic (exact) mass is 338 g/mol. The van der Waals surface area contributed by atoms with Gasteiger partial charge in [-0.3, -0.25) is 4.90 Å². The Bertz CT molecular complexity index is 534. The molecule has 2 aliphatic heterocycles. The first kappa shape index (κ1) is 13.0. The summed E-state index contributed by atoms with van der Waals surface area (Å²) in [7, 11) is 0. The Morgan fingerprint density at radius 2 is 2.10 bits per heavy atom. The molecule has 1 aromatic rings. The number of halogens is 1. The molecule has 20 heavy (non-hydrogen) atoms. The zero-order valence-corrected chi connectivity index (χ0v) is 13.0. The van der Waals surface area contributed by atoms with Crippen molar-refractivity contribution in [1.29, 1.82) is 0 Å². The number of morpholine rings is 1. The van der Waals surface area contributed by atoms with Gasteiger partial charge >= 0.3 is 0 Å². The maximum atomic E-state index is 6.03. The fourth-order valence-electron chi connectivity index (χ4n) is 3.25. The van der Waals surface area contributed by atoms with Gasteiger partial charge in [0.05, 0.1) is 16.8 Å². The molecule has 1 saturated carbocycles. The molecule has 5 nitrogen and oxygen atoms in total. The van der Waals surface area contributed by atoms with Crippen molar-refractivity contribution in [3.63, 3.8) is 0 Å². The van der Waals surface area contributed by atoms with E-state index in [1.165, 1.54) is 32.2 Å². The van der Waals surface area contributed by atoms with Crippen LogP contribution in [0.4, 0.5) is 5.82 Å². The Balaban J connectivity index is 1.61. The van der Waals surface area contributed by atoms with E-state index in [4.69, 9.17) is 15.5 Å². The molecule has 4 rings (SSSR count). The van der Waals surface area contributed by atoms with Crippen LogP contribution in [0.2, 0.25) is 0 Å². The van der Waals surface area contributed by atoms with Crippen LogP contribution in [0.25, 0.3) is 0 Å². The van der Waals surface area contributed by atoms with Gasteiger partial charge in [-0.05, 0) is 48.2 Å². The summed E-state index contributed by atoms with van der Waals surface area (Å²) >= 11 is 3.52.